The van der Waals surface area contributed by atoms with E-state index in [2.05, 4.69) is 5.32 Å². The first-order valence-corrected chi connectivity index (χ1v) is 1.59. The van der Waals surface area contributed by atoms with Gasteiger partial charge in [0.2, 0.25) is 6.41 Å². The van der Waals surface area contributed by atoms with Gasteiger partial charge >= 0.3 is 0 Å². The standard InChI is InChI=1S/C3H7NO.Hf/c1-2-4-3-5;/h3H,2H2,1H3,(H,4,5);. The number of carbonyl (C=O) groups is 1. The Balaban J connectivity index is 0. The largest absolute Gasteiger partial charge is 0.359 e. The predicted molar refractivity (Wildman–Crippen MR) is 19.7 cm³/mol. The molecule has 0 aliphatic rings. The number of carbonyl (C=O) groups excluding carboxylic acids is 1. The van der Waals surface area contributed by atoms with Crippen LogP contribution >= 0.6 is 0 Å². The van der Waals surface area contributed by atoms with Crippen LogP contribution in [0.2, 0.25) is 0 Å². The molecule has 0 fully saturated rings. The molecule has 0 aliphatic heterocycles. The molecule has 0 aromatic carbocycles. The van der Waals surface area contributed by atoms with Crippen molar-refractivity contribution >= 4 is 6.41 Å². The molecule has 0 saturated carbocycles. The molecule has 0 radical (unpaired) electrons. The molecule has 0 spiro atoms. The molecule has 1 amide bonds. The van der Waals surface area contributed by atoms with Gasteiger partial charge in [0.05, 0.1) is 0 Å². The summed E-state index contributed by atoms with van der Waals surface area (Å²) in [5, 5.41) is 2.43. The number of rotatable bonds is 2. The van der Waals surface area contributed by atoms with E-state index in [1.54, 1.807) is 0 Å². The van der Waals surface area contributed by atoms with Crippen molar-refractivity contribution in [3.63, 3.8) is 0 Å². The maximum Gasteiger partial charge on any atom is 0.207 e. The molecule has 0 bridgehead atoms. The molecule has 1 N–H and O–H groups in total. The Hall–Kier alpha value is 0.340. The average Bonchev–Trinajstić information content (AvgIpc) is 1.41. The Morgan fingerprint density at radius 1 is 1.83 bits per heavy atom. The summed E-state index contributed by atoms with van der Waals surface area (Å²) in [6.45, 7) is 2.60. The van der Waals surface area contributed by atoms with E-state index in [0.29, 0.717) is 6.41 Å². The van der Waals surface area contributed by atoms with Gasteiger partial charge in [0.1, 0.15) is 0 Å². The molecule has 0 aromatic heterocycles. The van der Waals surface area contributed by atoms with Crippen molar-refractivity contribution in [3.05, 3.63) is 0 Å². The van der Waals surface area contributed by atoms with Crippen molar-refractivity contribution < 1.29 is 30.6 Å². The van der Waals surface area contributed by atoms with Crippen molar-refractivity contribution in [2.75, 3.05) is 6.54 Å². The van der Waals surface area contributed by atoms with Crippen LogP contribution in [-0.2, 0) is 30.6 Å². The van der Waals surface area contributed by atoms with Crippen molar-refractivity contribution in [2.24, 2.45) is 0 Å². The van der Waals surface area contributed by atoms with E-state index in [9.17, 15) is 4.79 Å². The second-order valence-corrected chi connectivity index (χ2v) is 0.676. The normalized spacial score (nSPS) is 5.50. The van der Waals surface area contributed by atoms with Crippen molar-refractivity contribution in [1.29, 1.82) is 0 Å². The molecule has 0 atom stereocenters. The molecule has 0 rings (SSSR count). The van der Waals surface area contributed by atoms with Gasteiger partial charge in [-0.1, -0.05) is 0 Å². The van der Waals surface area contributed by atoms with Crippen molar-refractivity contribution in [2.45, 2.75) is 6.92 Å². The maximum absolute atomic E-state index is 9.29. The summed E-state index contributed by atoms with van der Waals surface area (Å²) < 4.78 is 0. The first-order chi connectivity index (χ1) is 2.41. The van der Waals surface area contributed by atoms with Crippen LogP contribution in [0.1, 0.15) is 6.92 Å². The minimum atomic E-state index is 0. The molecule has 6 heavy (non-hydrogen) atoms. The van der Waals surface area contributed by atoms with Crippen LogP contribution in [0.4, 0.5) is 0 Å². The van der Waals surface area contributed by atoms with Crippen molar-refractivity contribution in [3.8, 4) is 0 Å². The predicted octanol–water partition coefficient (Wildman–Crippen LogP) is -0.250. The first kappa shape index (κ1) is 9.60. The number of nitrogens with one attached hydrogen (secondary N) is 1. The van der Waals surface area contributed by atoms with Crippen LogP contribution in [-0.4, -0.2) is 13.0 Å². The number of hydrogen-bond donors (Lipinski definition) is 1. The molecule has 0 aliphatic carbocycles. The molecular weight excluding hydrogens is 245 g/mol. The van der Waals surface area contributed by atoms with Gasteiger partial charge in [0, 0.05) is 32.4 Å². The molecule has 0 unspecified atom stereocenters. The smallest absolute Gasteiger partial charge is 0.207 e. The third-order valence-corrected chi connectivity index (χ3v) is 0.287. The van der Waals surface area contributed by atoms with Crippen LogP contribution in [0.3, 0.4) is 0 Å². The molecular formula is C3H7HfNO. The number of hydrogen-bond acceptors (Lipinski definition) is 1. The van der Waals surface area contributed by atoms with Crippen LogP contribution in [0.5, 0.6) is 0 Å². The van der Waals surface area contributed by atoms with Crippen LogP contribution in [0.15, 0.2) is 0 Å². The zero-order chi connectivity index (χ0) is 4.12. The quantitative estimate of drug-likeness (QED) is 0.532. The van der Waals surface area contributed by atoms with Crippen LogP contribution in [0.25, 0.3) is 0 Å². The second kappa shape index (κ2) is 9.02. The molecule has 0 aromatic rings. The van der Waals surface area contributed by atoms with Gasteiger partial charge < -0.3 is 5.32 Å². The summed E-state index contributed by atoms with van der Waals surface area (Å²) in [5.74, 6) is 0. The van der Waals surface area contributed by atoms with E-state index >= 15 is 0 Å². The van der Waals surface area contributed by atoms with Crippen molar-refractivity contribution in [1.82, 2.24) is 5.32 Å². The summed E-state index contributed by atoms with van der Waals surface area (Å²) >= 11 is 0. The fourth-order valence-electron chi connectivity index (χ4n) is 0.0833. The summed E-state index contributed by atoms with van der Waals surface area (Å²) in [6, 6.07) is 0. The number of amides is 1. The Bertz CT molecular complexity index is 32.0. The fraction of sp³-hybridized carbons (Fsp3) is 0.667. The topological polar surface area (TPSA) is 29.1 Å². The van der Waals surface area contributed by atoms with Gasteiger partial charge in [0.25, 0.3) is 0 Å². The van der Waals surface area contributed by atoms with E-state index in [-0.39, 0.29) is 25.8 Å². The van der Waals surface area contributed by atoms with Gasteiger partial charge in [-0.15, -0.1) is 0 Å². The van der Waals surface area contributed by atoms with Crippen LogP contribution in [0, 0.1) is 0 Å². The average molecular weight is 252 g/mol. The summed E-state index contributed by atoms with van der Waals surface area (Å²) in [4.78, 5) is 9.29. The van der Waals surface area contributed by atoms with E-state index in [1.807, 2.05) is 6.92 Å². The zero-order valence-corrected chi connectivity index (χ0v) is 7.29. The summed E-state index contributed by atoms with van der Waals surface area (Å²) in [6.07, 6.45) is 0.681. The second-order valence-electron chi connectivity index (χ2n) is 0.676. The Labute approximate surface area is 56.1 Å². The molecule has 2 nitrogen and oxygen atoms in total. The zero-order valence-electron chi connectivity index (χ0n) is 3.69. The van der Waals surface area contributed by atoms with Gasteiger partial charge in [-0.05, 0) is 6.92 Å². The Kier molecular flexibility index (Phi) is 14.4. The van der Waals surface area contributed by atoms with Crippen LogP contribution < -0.4 is 5.32 Å². The Morgan fingerprint density at radius 2 is 2.33 bits per heavy atom. The summed E-state index contributed by atoms with van der Waals surface area (Å²) in [7, 11) is 0. The van der Waals surface area contributed by atoms with Gasteiger partial charge in [-0.2, -0.15) is 0 Å². The first-order valence-electron chi connectivity index (χ1n) is 1.59. The molecule has 0 heterocycles. The molecule has 34 valence electrons. The summed E-state index contributed by atoms with van der Waals surface area (Å²) in [5.41, 5.74) is 0. The van der Waals surface area contributed by atoms with E-state index < -0.39 is 0 Å². The maximum atomic E-state index is 9.29. The van der Waals surface area contributed by atoms with Gasteiger partial charge in [-0.25, -0.2) is 0 Å². The van der Waals surface area contributed by atoms with Gasteiger partial charge in [0.15, 0.2) is 0 Å². The van der Waals surface area contributed by atoms with Gasteiger partial charge in [-0.3, -0.25) is 4.79 Å². The van der Waals surface area contributed by atoms with E-state index in [4.69, 9.17) is 0 Å². The monoisotopic (exact) mass is 253 g/mol. The minimum Gasteiger partial charge on any atom is -0.359 e. The minimum absolute atomic E-state index is 0. The third kappa shape index (κ3) is 8.84. The third-order valence-electron chi connectivity index (χ3n) is 0.287. The van der Waals surface area contributed by atoms with E-state index in [0.717, 1.165) is 6.54 Å². The Morgan fingerprint density at radius 3 is 2.33 bits per heavy atom. The fourth-order valence-corrected chi connectivity index (χ4v) is 0.0833. The molecule has 0 saturated heterocycles. The molecule has 3 heteroatoms. The SMILES string of the molecule is CCNC=O.[Hf]. The van der Waals surface area contributed by atoms with E-state index in [1.165, 1.54) is 0 Å².